The van der Waals surface area contributed by atoms with Crippen LogP contribution in [0, 0.1) is 0 Å². The summed E-state index contributed by atoms with van der Waals surface area (Å²) in [7, 11) is 0. The molecule has 0 saturated carbocycles. The van der Waals surface area contributed by atoms with E-state index < -0.39 is 5.41 Å². The van der Waals surface area contributed by atoms with E-state index in [0.717, 1.165) is 17.1 Å². The monoisotopic (exact) mass is 774 g/mol. The van der Waals surface area contributed by atoms with Crippen LogP contribution < -0.4 is 4.90 Å². The Labute approximate surface area is 354 Å². The molecule has 1 spiro atoms. The van der Waals surface area contributed by atoms with E-state index in [9.17, 15) is 0 Å². The Morgan fingerprint density at radius 1 is 0.344 bits per heavy atom. The van der Waals surface area contributed by atoms with Gasteiger partial charge < -0.3 is 9.47 Å². The highest BCUT2D eigenvalue weighted by Gasteiger charge is 2.50. The van der Waals surface area contributed by atoms with Gasteiger partial charge in [0.05, 0.1) is 27.8 Å². The lowest BCUT2D eigenvalue weighted by Gasteiger charge is -2.39. The van der Waals surface area contributed by atoms with Crippen LogP contribution in [0.25, 0.3) is 71.6 Å². The van der Waals surface area contributed by atoms with Crippen molar-refractivity contribution in [1.29, 1.82) is 0 Å². The predicted octanol–water partition coefficient (Wildman–Crippen LogP) is 15.4. The van der Waals surface area contributed by atoms with Crippen LogP contribution in [0.2, 0.25) is 0 Å². The van der Waals surface area contributed by atoms with E-state index in [-0.39, 0.29) is 0 Å². The minimum atomic E-state index is -0.501. The van der Waals surface area contributed by atoms with Gasteiger partial charge in [-0.3, -0.25) is 0 Å². The lowest BCUT2D eigenvalue weighted by atomic mass is 9.65. The molecule has 2 heterocycles. The first-order valence-electron chi connectivity index (χ1n) is 21.2. The number of nitrogens with zero attached hydrogens (tertiary/aromatic N) is 2. The van der Waals surface area contributed by atoms with Crippen molar-refractivity contribution < 1.29 is 0 Å². The third-order valence-corrected chi connectivity index (χ3v) is 13.4. The molecule has 11 aromatic rings. The van der Waals surface area contributed by atoms with Crippen LogP contribution in [-0.4, -0.2) is 4.57 Å². The van der Waals surface area contributed by atoms with Gasteiger partial charge >= 0.3 is 0 Å². The van der Waals surface area contributed by atoms with Gasteiger partial charge in [-0.1, -0.05) is 182 Å². The average Bonchev–Trinajstić information content (AvgIpc) is 3.82. The number of fused-ring (bicyclic) bond motifs is 13. The molecule has 0 N–H and O–H groups in total. The molecule has 1 unspecified atom stereocenters. The first kappa shape index (κ1) is 34.0. The Bertz CT molecular complexity index is 3540. The van der Waals surface area contributed by atoms with Gasteiger partial charge in [-0.15, -0.1) is 0 Å². The van der Waals surface area contributed by atoms with Crippen LogP contribution in [0.5, 0.6) is 0 Å². The lowest BCUT2D eigenvalue weighted by molar-refractivity contribution is 0.748. The maximum Gasteiger partial charge on any atom is 0.0754 e. The molecule has 0 saturated heterocycles. The standard InChI is InChI=1S/C59H38N2/c1-2-16-41(17-3-1)46-19-7-11-26-55(46)60(44-33-31-40(32-34-44)43-30-29-39-15-4-5-18-42(39)37-43)45-35-36-52-50(38-45)47-20-6-9-23-51(47)59(52)53-24-10-13-28-57(53)61-56-27-12-8-21-48(56)49-22-14-25-54(59)58(49)61/h1-38H. The third kappa shape index (κ3) is 4.79. The molecule has 2 nitrogen and oxygen atoms in total. The fourth-order valence-corrected chi connectivity index (χ4v) is 10.8. The third-order valence-electron chi connectivity index (χ3n) is 13.4. The molecule has 0 bridgehead atoms. The number of rotatable bonds is 5. The van der Waals surface area contributed by atoms with Gasteiger partial charge in [-0.05, 0) is 109 Å². The van der Waals surface area contributed by atoms with E-state index in [1.807, 2.05) is 0 Å². The molecule has 1 aliphatic carbocycles. The van der Waals surface area contributed by atoms with Gasteiger partial charge in [0.2, 0.25) is 0 Å². The number of para-hydroxylation sites is 4. The molecule has 2 aliphatic rings. The van der Waals surface area contributed by atoms with Crippen molar-refractivity contribution in [3.63, 3.8) is 0 Å². The van der Waals surface area contributed by atoms with Crippen LogP contribution in [0.3, 0.4) is 0 Å². The summed E-state index contributed by atoms with van der Waals surface area (Å²) >= 11 is 0. The van der Waals surface area contributed by atoms with Crippen LogP contribution in [-0.2, 0) is 5.41 Å². The van der Waals surface area contributed by atoms with Crippen LogP contribution >= 0.6 is 0 Å². The second kappa shape index (κ2) is 13.0. The average molecular weight is 775 g/mol. The van der Waals surface area contributed by atoms with Gasteiger partial charge in [0.1, 0.15) is 0 Å². The van der Waals surface area contributed by atoms with Gasteiger partial charge in [-0.2, -0.15) is 0 Å². The molecule has 0 amide bonds. The van der Waals surface area contributed by atoms with E-state index in [4.69, 9.17) is 0 Å². The molecule has 0 radical (unpaired) electrons. The predicted molar refractivity (Wildman–Crippen MR) is 255 cm³/mol. The minimum absolute atomic E-state index is 0.501. The maximum absolute atomic E-state index is 2.51. The molecule has 1 aliphatic heterocycles. The fraction of sp³-hybridized carbons (Fsp3) is 0.0169. The zero-order chi connectivity index (χ0) is 40.1. The number of benzene rings is 10. The van der Waals surface area contributed by atoms with Gasteiger partial charge in [-0.25, -0.2) is 0 Å². The van der Waals surface area contributed by atoms with Crippen molar-refractivity contribution in [2.24, 2.45) is 0 Å². The number of aromatic nitrogens is 1. The summed E-state index contributed by atoms with van der Waals surface area (Å²) in [5.41, 5.74) is 19.2. The SMILES string of the molecule is c1ccc(-c2ccccc2N(c2ccc(-c3ccc4ccccc4c3)cc2)c2ccc3c(c2)-c2ccccc2C32c3ccccc3-n3c4ccccc4c4cccc2c43)cc1. The molecule has 1 atom stereocenters. The molecule has 1 aromatic heterocycles. The summed E-state index contributed by atoms with van der Waals surface area (Å²) in [6, 6.07) is 85.3. The first-order valence-corrected chi connectivity index (χ1v) is 21.2. The van der Waals surface area contributed by atoms with E-state index in [0.29, 0.717) is 0 Å². The molecule has 13 rings (SSSR count). The summed E-state index contributed by atoms with van der Waals surface area (Å²) in [5, 5.41) is 5.08. The number of hydrogen-bond donors (Lipinski definition) is 0. The van der Waals surface area contributed by atoms with Gasteiger partial charge in [0.15, 0.2) is 0 Å². The van der Waals surface area contributed by atoms with E-state index in [1.54, 1.807) is 0 Å². The van der Waals surface area contributed by atoms with Crippen molar-refractivity contribution in [2.45, 2.75) is 5.41 Å². The number of anilines is 3. The lowest BCUT2D eigenvalue weighted by Crippen LogP contribution is -2.33. The maximum atomic E-state index is 2.51. The molecule has 10 aromatic carbocycles. The van der Waals surface area contributed by atoms with Crippen molar-refractivity contribution in [3.05, 3.63) is 253 Å². The van der Waals surface area contributed by atoms with Crippen molar-refractivity contribution >= 4 is 49.6 Å². The molecule has 284 valence electrons. The van der Waals surface area contributed by atoms with Gasteiger partial charge in [0, 0.05) is 27.7 Å². The summed E-state index contributed by atoms with van der Waals surface area (Å²) in [6.07, 6.45) is 0. The Hall–Kier alpha value is -7.94. The van der Waals surface area contributed by atoms with E-state index in [2.05, 4.69) is 240 Å². The Balaban J connectivity index is 1.05. The molecular weight excluding hydrogens is 737 g/mol. The minimum Gasteiger partial charge on any atom is -0.310 e. The Kier molecular flexibility index (Phi) is 7.26. The van der Waals surface area contributed by atoms with Crippen molar-refractivity contribution in [1.82, 2.24) is 4.57 Å². The highest BCUT2D eigenvalue weighted by molar-refractivity contribution is 6.13. The first-order chi connectivity index (χ1) is 30.3. The molecular formula is C59H38N2. The van der Waals surface area contributed by atoms with Crippen LogP contribution in [0.15, 0.2) is 231 Å². The van der Waals surface area contributed by atoms with Crippen molar-refractivity contribution in [2.75, 3.05) is 4.90 Å². The Morgan fingerprint density at radius 3 is 1.87 bits per heavy atom. The van der Waals surface area contributed by atoms with Crippen molar-refractivity contribution in [3.8, 4) is 39.1 Å². The fourth-order valence-electron chi connectivity index (χ4n) is 10.8. The summed E-state index contributed by atoms with van der Waals surface area (Å²) in [6.45, 7) is 0. The normalized spacial score (nSPS) is 14.6. The molecule has 2 heteroatoms. The second-order valence-corrected chi connectivity index (χ2v) is 16.4. The summed E-state index contributed by atoms with van der Waals surface area (Å²) in [5.74, 6) is 0. The second-order valence-electron chi connectivity index (χ2n) is 16.4. The topological polar surface area (TPSA) is 8.17 Å². The Morgan fingerprint density at radius 2 is 0.984 bits per heavy atom. The largest absolute Gasteiger partial charge is 0.310 e. The highest BCUT2D eigenvalue weighted by atomic mass is 15.1. The molecule has 0 fully saturated rings. The summed E-state index contributed by atoms with van der Waals surface area (Å²) < 4.78 is 2.51. The summed E-state index contributed by atoms with van der Waals surface area (Å²) in [4.78, 5) is 2.45. The van der Waals surface area contributed by atoms with E-state index in [1.165, 1.54) is 93.9 Å². The quantitative estimate of drug-likeness (QED) is 0.169. The van der Waals surface area contributed by atoms with Crippen LogP contribution in [0.4, 0.5) is 17.1 Å². The van der Waals surface area contributed by atoms with Gasteiger partial charge in [0.25, 0.3) is 0 Å². The highest BCUT2D eigenvalue weighted by Crippen LogP contribution is 2.61. The smallest absolute Gasteiger partial charge is 0.0754 e. The number of hydrogen-bond acceptors (Lipinski definition) is 1. The zero-order valence-corrected chi connectivity index (χ0v) is 33.3. The molecule has 61 heavy (non-hydrogen) atoms. The zero-order valence-electron chi connectivity index (χ0n) is 33.3. The van der Waals surface area contributed by atoms with Crippen LogP contribution in [0.1, 0.15) is 22.3 Å². The van der Waals surface area contributed by atoms with E-state index >= 15 is 0 Å².